The van der Waals surface area contributed by atoms with E-state index >= 15 is 0 Å². The molecule has 0 saturated carbocycles. The van der Waals surface area contributed by atoms with Gasteiger partial charge in [0, 0.05) is 7.05 Å². The van der Waals surface area contributed by atoms with Gasteiger partial charge in [-0.3, -0.25) is 0 Å². The first-order chi connectivity index (χ1) is 11.5. The highest BCUT2D eigenvalue weighted by Gasteiger charge is 1.99. The predicted molar refractivity (Wildman–Crippen MR) is 96.9 cm³/mol. The summed E-state index contributed by atoms with van der Waals surface area (Å²) >= 11 is 0. The first kappa shape index (κ1) is 22.8. The second-order valence-corrected chi connectivity index (χ2v) is 6.07. The van der Waals surface area contributed by atoms with E-state index in [1.165, 1.54) is 32.7 Å². The zero-order valence-electron chi connectivity index (χ0n) is 14.8. The van der Waals surface area contributed by atoms with Gasteiger partial charge in [-0.2, -0.15) is 0 Å². The summed E-state index contributed by atoms with van der Waals surface area (Å²) in [6, 6.07) is 7.32. The quantitative estimate of drug-likeness (QED) is 0.452. The number of unbranched alkanes of at least 4 members (excludes halogenated alkanes) is 5. The Morgan fingerprint density at radius 1 is 1.17 bits per heavy atom. The first-order valence-electron chi connectivity index (χ1n) is 8.26. The highest BCUT2D eigenvalue weighted by molar-refractivity contribution is 7.39. The first-order valence-corrected chi connectivity index (χ1v) is 9.43. The van der Waals surface area contributed by atoms with Crippen LogP contribution in [-0.2, 0) is 4.52 Å². The van der Waals surface area contributed by atoms with Gasteiger partial charge in [-0.15, -0.1) is 0 Å². The topological polar surface area (TPSA) is 88.0 Å². The summed E-state index contributed by atoms with van der Waals surface area (Å²) in [5.74, 6) is 0.564. The fraction of sp³-hybridized carbons (Fsp3) is 0.588. The molecule has 1 aromatic rings. The van der Waals surface area contributed by atoms with Crippen LogP contribution in [0.4, 0.5) is 4.79 Å². The fourth-order valence-corrected chi connectivity index (χ4v) is 2.16. The third-order valence-corrected chi connectivity index (χ3v) is 3.52. The van der Waals surface area contributed by atoms with Crippen molar-refractivity contribution in [1.82, 2.24) is 5.32 Å². The van der Waals surface area contributed by atoms with Crippen LogP contribution in [-0.4, -0.2) is 29.5 Å². The number of aryl methyl sites for hydroxylation is 1. The molecule has 0 aliphatic heterocycles. The van der Waals surface area contributed by atoms with E-state index in [4.69, 9.17) is 14.5 Å². The highest BCUT2D eigenvalue weighted by Crippen LogP contribution is 2.24. The van der Waals surface area contributed by atoms with Crippen molar-refractivity contribution in [2.24, 2.45) is 0 Å². The number of rotatable bonds is 9. The summed E-state index contributed by atoms with van der Waals surface area (Å²) in [5, 5.41) is 2.37. The Morgan fingerprint density at radius 3 is 2.42 bits per heavy atom. The van der Waals surface area contributed by atoms with Crippen LogP contribution in [0.2, 0.25) is 0 Å². The van der Waals surface area contributed by atoms with Gasteiger partial charge < -0.3 is 24.4 Å². The Morgan fingerprint density at radius 2 is 1.83 bits per heavy atom. The van der Waals surface area contributed by atoms with Crippen molar-refractivity contribution in [3.8, 4) is 5.75 Å². The van der Waals surface area contributed by atoms with Crippen molar-refractivity contribution in [3.63, 3.8) is 0 Å². The second kappa shape index (κ2) is 15.3. The number of carbonyl (C=O) groups is 1. The Labute approximate surface area is 146 Å². The number of hydrogen-bond acceptors (Lipinski definition) is 5. The minimum atomic E-state index is -2.13. The summed E-state index contributed by atoms with van der Waals surface area (Å²) < 4.78 is 9.52. The van der Waals surface area contributed by atoms with Crippen LogP contribution in [0, 0.1) is 6.92 Å². The summed E-state index contributed by atoms with van der Waals surface area (Å²) in [6.07, 6.45) is 6.69. The number of carbonyl (C=O) groups excluding carboxylic acids is 1. The van der Waals surface area contributed by atoms with Crippen LogP contribution in [0.15, 0.2) is 24.3 Å². The predicted octanol–water partition coefficient (Wildman–Crippen LogP) is 4.29. The molecule has 1 amide bonds. The summed E-state index contributed by atoms with van der Waals surface area (Å²) in [7, 11) is -0.602. The molecule has 0 heterocycles. The minimum Gasteiger partial charge on any atom is -0.410 e. The summed E-state index contributed by atoms with van der Waals surface area (Å²) in [5.41, 5.74) is 1.07. The van der Waals surface area contributed by atoms with Crippen LogP contribution in [0.1, 0.15) is 51.0 Å². The van der Waals surface area contributed by atoms with Gasteiger partial charge in [-0.05, 0) is 31.0 Å². The maximum atomic E-state index is 10.8. The Kier molecular flexibility index (Phi) is 14.6. The van der Waals surface area contributed by atoms with E-state index < -0.39 is 14.7 Å². The smallest absolute Gasteiger partial charge is 0.410 e. The van der Waals surface area contributed by atoms with Crippen LogP contribution in [0.25, 0.3) is 0 Å². The monoisotopic (exact) mass is 359 g/mol. The van der Waals surface area contributed by atoms with Crippen molar-refractivity contribution >= 4 is 14.7 Å². The highest BCUT2D eigenvalue weighted by atomic mass is 31.2. The van der Waals surface area contributed by atoms with Gasteiger partial charge in [0.1, 0.15) is 5.75 Å². The third-order valence-electron chi connectivity index (χ3n) is 3.11. The molecule has 138 valence electrons. The van der Waals surface area contributed by atoms with Crippen LogP contribution < -0.4 is 10.1 Å². The second-order valence-electron chi connectivity index (χ2n) is 5.31. The normalized spacial score (nSPS) is 10.1. The fourth-order valence-electron chi connectivity index (χ4n) is 1.87. The molecule has 0 radical (unpaired) electrons. The van der Waals surface area contributed by atoms with Gasteiger partial charge in [0.25, 0.3) is 0 Å². The molecule has 0 aliphatic carbocycles. The Balaban J connectivity index is 0.000000441. The van der Waals surface area contributed by atoms with E-state index in [-0.39, 0.29) is 0 Å². The van der Waals surface area contributed by atoms with Gasteiger partial charge in [0.05, 0.1) is 6.61 Å². The van der Waals surface area contributed by atoms with E-state index in [1.54, 1.807) is 12.1 Å². The van der Waals surface area contributed by atoms with Crippen molar-refractivity contribution in [2.75, 3.05) is 13.7 Å². The van der Waals surface area contributed by atoms with E-state index in [9.17, 15) is 4.79 Å². The van der Waals surface area contributed by atoms with Crippen molar-refractivity contribution < 1.29 is 23.8 Å². The average molecular weight is 359 g/mol. The molecule has 7 heteroatoms. The van der Waals surface area contributed by atoms with Gasteiger partial charge in [-0.25, -0.2) is 4.79 Å². The maximum Gasteiger partial charge on any atom is 0.412 e. The number of nitrogens with one attached hydrogen (secondary N) is 1. The SMILES string of the molecule is CCCCCCCCOP(O)O.CNC(=O)Oc1cccc(C)c1. The van der Waals surface area contributed by atoms with Gasteiger partial charge >= 0.3 is 14.7 Å². The lowest BCUT2D eigenvalue weighted by Crippen LogP contribution is -2.21. The molecule has 0 aliphatic rings. The molecule has 3 N–H and O–H groups in total. The summed E-state index contributed by atoms with van der Waals surface area (Å²) in [4.78, 5) is 27.5. The lowest BCUT2D eigenvalue weighted by molar-refractivity contribution is 0.203. The molecule has 6 nitrogen and oxygen atoms in total. The number of hydrogen-bond donors (Lipinski definition) is 3. The third kappa shape index (κ3) is 14.4. The molecule has 0 bridgehead atoms. The molecule has 1 rings (SSSR count). The molecule has 0 spiro atoms. The molecule has 24 heavy (non-hydrogen) atoms. The zero-order valence-corrected chi connectivity index (χ0v) is 15.7. The summed E-state index contributed by atoms with van der Waals surface area (Å²) in [6.45, 7) is 4.61. The van der Waals surface area contributed by atoms with E-state index in [0.717, 1.165) is 18.4 Å². The Hall–Kier alpha value is -1.20. The number of amides is 1. The molecular formula is C17H30NO5P. The molecule has 0 saturated heterocycles. The minimum absolute atomic E-state index is 0.444. The standard InChI is InChI=1S/C9H11NO2.C8H19O3P/c1-7-4-3-5-8(6-7)12-9(11)10-2;1-2-3-4-5-6-7-8-11-12(9)10/h3-6H,1-2H3,(H,10,11);9-10H,2-8H2,1H3. The van der Waals surface area contributed by atoms with Crippen LogP contribution in [0.5, 0.6) is 5.75 Å². The van der Waals surface area contributed by atoms with E-state index in [1.807, 2.05) is 19.1 Å². The van der Waals surface area contributed by atoms with Gasteiger partial charge in [0.2, 0.25) is 0 Å². The van der Waals surface area contributed by atoms with Gasteiger partial charge in [0.15, 0.2) is 0 Å². The maximum absolute atomic E-state index is 10.8. The molecular weight excluding hydrogens is 329 g/mol. The van der Waals surface area contributed by atoms with Crippen molar-refractivity contribution in [1.29, 1.82) is 0 Å². The van der Waals surface area contributed by atoms with Crippen molar-refractivity contribution in [2.45, 2.75) is 52.4 Å². The lowest BCUT2D eigenvalue weighted by Gasteiger charge is -2.03. The lowest BCUT2D eigenvalue weighted by atomic mass is 10.1. The molecule has 0 atom stereocenters. The van der Waals surface area contributed by atoms with Crippen LogP contribution >= 0.6 is 8.60 Å². The molecule has 1 aromatic carbocycles. The van der Waals surface area contributed by atoms with E-state index in [0.29, 0.717) is 12.4 Å². The zero-order chi connectivity index (χ0) is 18.2. The number of ether oxygens (including phenoxy) is 1. The van der Waals surface area contributed by atoms with Crippen LogP contribution in [0.3, 0.4) is 0 Å². The average Bonchev–Trinajstić information content (AvgIpc) is 2.54. The van der Waals surface area contributed by atoms with E-state index in [2.05, 4.69) is 16.8 Å². The van der Waals surface area contributed by atoms with Gasteiger partial charge in [-0.1, -0.05) is 51.2 Å². The van der Waals surface area contributed by atoms with Crippen molar-refractivity contribution in [3.05, 3.63) is 29.8 Å². The Bertz CT molecular complexity index is 443. The largest absolute Gasteiger partial charge is 0.412 e. The molecule has 0 aromatic heterocycles. The molecule has 0 fully saturated rings. The molecule has 0 unspecified atom stereocenters. The number of benzene rings is 1.